The van der Waals surface area contributed by atoms with E-state index in [1.807, 2.05) is 12.1 Å². The normalized spacial score (nSPS) is 20.7. The Morgan fingerprint density at radius 3 is 2.67 bits per heavy atom. The molecular weight excluding hydrogens is 382 g/mol. The highest BCUT2D eigenvalue weighted by atomic mass is 16.5. The molecule has 6 N–H and O–H groups in total. The molecule has 3 heterocycles. The molecule has 2 fully saturated rings. The quantitative estimate of drug-likeness (QED) is 0.555. The van der Waals surface area contributed by atoms with Gasteiger partial charge in [-0.3, -0.25) is 0 Å². The molecule has 2 saturated heterocycles. The molecule has 30 heavy (non-hydrogen) atoms. The maximum atomic E-state index is 10.2. The van der Waals surface area contributed by atoms with Crippen molar-refractivity contribution < 1.29 is 19.3 Å². The van der Waals surface area contributed by atoms with Crippen LogP contribution >= 0.6 is 0 Å². The second-order valence-electron chi connectivity index (χ2n) is 7.95. The predicted octanol–water partition coefficient (Wildman–Crippen LogP) is 3.00. The van der Waals surface area contributed by atoms with Crippen molar-refractivity contribution in [3.05, 3.63) is 46.6 Å². The molecule has 0 radical (unpaired) electrons. The lowest BCUT2D eigenvalue weighted by atomic mass is 9.91. The second-order valence-corrected chi connectivity index (χ2v) is 7.95. The van der Waals surface area contributed by atoms with E-state index in [-0.39, 0.29) is 11.9 Å². The third kappa shape index (κ3) is 4.64. The molecule has 1 atom stereocenters. The largest absolute Gasteiger partial charge is 0.507 e. The van der Waals surface area contributed by atoms with E-state index in [1.165, 1.54) is 0 Å². The van der Waals surface area contributed by atoms with Crippen LogP contribution in [0, 0.1) is 0 Å². The number of hydrogen-bond acceptors (Lipinski definition) is 6. The number of nitrogens with two attached hydrogens (primary N) is 2. The molecule has 2 aliphatic rings. The lowest BCUT2D eigenvalue weighted by molar-refractivity contribution is 0.0443. The Hall–Kier alpha value is -2.48. The number of nitrogens with one attached hydrogen (secondary N) is 1. The predicted molar refractivity (Wildman–Crippen MR) is 117 cm³/mol. The fraction of sp³-hybridized carbons (Fsp3) is 0.478. The van der Waals surface area contributed by atoms with E-state index in [9.17, 15) is 5.11 Å². The zero-order valence-electron chi connectivity index (χ0n) is 17.2. The highest BCUT2D eigenvalue weighted by Gasteiger charge is 2.25. The Labute approximate surface area is 177 Å². The number of nitrogen functional groups attached to an aromatic ring is 1. The number of benzene rings is 1. The van der Waals surface area contributed by atoms with Crippen LogP contribution in [0.3, 0.4) is 0 Å². The van der Waals surface area contributed by atoms with Crippen molar-refractivity contribution in [3.8, 4) is 5.75 Å². The Bertz CT molecular complexity index is 881. The van der Waals surface area contributed by atoms with Gasteiger partial charge in [-0.2, -0.15) is 0 Å². The van der Waals surface area contributed by atoms with Crippen LogP contribution in [0.4, 0.5) is 5.82 Å². The van der Waals surface area contributed by atoms with E-state index >= 15 is 0 Å². The van der Waals surface area contributed by atoms with E-state index in [4.69, 9.17) is 25.7 Å². The molecule has 4 rings (SSSR count). The first-order valence-electron chi connectivity index (χ1n) is 10.7. The molecule has 7 heteroatoms. The Morgan fingerprint density at radius 2 is 1.93 bits per heavy atom. The minimum Gasteiger partial charge on any atom is -0.507 e. The van der Waals surface area contributed by atoms with Crippen molar-refractivity contribution in [2.75, 3.05) is 38.8 Å². The number of hydrogen-bond donors (Lipinski definition) is 4. The number of aromatic hydroxyl groups is 1. The van der Waals surface area contributed by atoms with Crippen LogP contribution in [-0.4, -0.2) is 49.2 Å². The van der Waals surface area contributed by atoms with Gasteiger partial charge >= 0.3 is 0 Å². The standard InChI is InChI=1S/C23H31N3O4/c24-20(18-3-1-2-4-21(18)27)13-19-17(8-12-30-16-7-11-29-14-16)22(26-23(19)25)15-5-9-28-10-6-15/h1-4,13,15-16,26-27H,5-12,14,24-25H2/b20-13-. The van der Waals surface area contributed by atoms with Crippen molar-refractivity contribution in [1.29, 1.82) is 0 Å². The smallest absolute Gasteiger partial charge is 0.124 e. The summed E-state index contributed by atoms with van der Waals surface area (Å²) in [7, 11) is 0. The molecule has 0 bridgehead atoms. The van der Waals surface area contributed by atoms with Crippen molar-refractivity contribution in [2.45, 2.75) is 37.7 Å². The van der Waals surface area contributed by atoms with E-state index in [0.717, 1.165) is 62.3 Å². The van der Waals surface area contributed by atoms with Gasteiger partial charge in [-0.1, -0.05) is 12.1 Å². The summed E-state index contributed by atoms with van der Waals surface area (Å²) in [6.07, 6.45) is 5.62. The lowest BCUT2D eigenvalue weighted by Crippen LogP contribution is -2.17. The number of aromatic nitrogens is 1. The number of anilines is 1. The molecule has 1 aromatic heterocycles. The summed E-state index contributed by atoms with van der Waals surface area (Å²) in [6, 6.07) is 7.05. The topological polar surface area (TPSA) is 116 Å². The Kier molecular flexibility index (Phi) is 6.62. The minimum atomic E-state index is 0.149. The molecular formula is C23H31N3O4. The van der Waals surface area contributed by atoms with Crippen LogP contribution in [0.2, 0.25) is 0 Å². The third-order valence-corrected chi connectivity index (χ3v) is 5.95. The number of phenols is 1. The fourth-order valence-corrected chi connectivity index (χ4v) is 4.29. The zero-order chi connectivity index (χ0) is 20.9. The lowest BCUT2D eigenvalue weighted by Gasteiger charge is -2.23. The summed E-state index contributed by atoms with van der Waals surface area (Å²) in [5.41, 5.74) is 17.0. The van der Waals surface area contributed by atoms with Crippen molar-refractivity contribution in [1.82, 2.24) is 4.98 Å². The van der Waals surface area contributed by atoms with Crippen molar-refractivity contribution >= 4 is 17.6 Å². The molecule has 0 aliphatic carbocycles. The minimum absolute atomic E-state index is 0.149. The monoisotopic (exact) mass is 413 g/mol. The van der Waals surface area contributed by atoms with Gasteiger partial charge in [0.15, 0.2) is 0 Å². The van der Waals surface area contributed by atoms with Crippen LogP contribution < -0.4 is 11.5 Å². The van der Waals surface area contributed by atoms with Gasteiger partial charge in [0.05, 0.1) is 19.3 Å². The molecule has 1 unspecified atom stereocenters. The summed E-state index contributed by atoms with van der Waals surface area (Å²) in [6.45, 7) is 3.53. The molecule has 162 valence electrons. The summed E-state index contributed by atoms with van der Waals surface area (Å²) in [5.74, 6) is 1.12. The highest BCUT2D eigenvalue weighted by molar-refractivity contribution is 5.86. The summed E-state index contributed by atoms with van der Waals surface area (Å²) < 4.78 is 17.0. The summed E-state index contributed by atoms with van der Waals surface area (Å²) in [4.78, 5) is 3.41. The van der Waals surface area contributed by atoms with Gasteiger partial charge in [-0.25, -0.2) is 0 Å². The molecule has 7 nitrogen and oxygen atoms in total. The van der Waals surface area contributed by atoms with Gasteiger partial charge in [0.25, 0.3) is 0 Å². The first kappa shape index (κ1) is 20.8. The average Bonchev–Trinajstić information content (AvgIpc) is 3.38. The zero-order valence-corrected chi connectivity index (χ0v) is 17.2. The fourth-order valence-electron chi connectivity index (χ4n) is 4.29. The SMILES string of the molecule is N/C(=C\c1c(N)[nH]c(C2CCOCC2)c1CCOC1CCOC1)c1ccccc1O. The number of rotatable bonds is 7. The molecule has 2 aromatic rings. The van der Waals surface area contributed by atoms with Gasteiger partial charge in [0.2, 0.25) is 0 Å². The highest BCUT2D eigenvalue weighted by Crippen LogP contribution is 2.35. The van der Waals surface area contributed by atoms with Gasteiger partial charge in [-0.15, -0.1) is 0 Å². The van der Waals surface area contributed by atoms with E-state index < -0.39 is 0 Å². The van der Waals surface area contributed by atoms with Gasteiger partial charge < -0.3 is 35.8 Å². The molecule has 0 amide bonds. The third-order valence-electron chi connectivity index (χ3n) is 5.95. The first-order valence-corrected chi connectivity index (χ1v) is 10.7. The van der Waals surface area contributed by atoms with Gasteiger partial charge in [0.1, 0.15) is 11.6 Å². The van der Waals surface area contributed by atoms with Crippen molar-refractivity contribution in [3.63, 3.8) is 0 Å². The molecule has 1 aromatic carbocycles. The van der Waals surface area contributed by atoms with Crippen LogP contribution in [-0.2, 0) is 20.6 Å². The molecule has 0 spiro atoms. The van der Waals surface area contributed by atoms with Crippen molar-refractivity contribution in [2.24, 2.45) is 5.73 Å². The Balaban J connectivity index is 1.62. The average molecular weight is 414 g/mol. The number of para-hydroxylation sites is 1. The van der Waals surface area contributed by atoms with E-state index in [1.54, 1.807) is 18.2 Å². The Morgan fingerprint density at radius 1 is 1.17 bits per heavy atom. The second kappa shape index (κ2) is 9.55. The van der Waals surface area contributed by atoms with E-state index in [0.29, 0.717) is 36.2 Å². The number of phenolic OH excluding ortho intramolecular Hbond substituents is 1. The first-order chi connectivity index (χ1) is 14.6. The van der Waals surface area contributed by atoms with Gasteiger partial charge in [-0.05, 0) is 49.5 Å². The van der Waals surface area contributed by atoms with Crippen LogP contribution in [0.25, 0.3) is 11.8 Å². The van der Waals surface area contributed by atoms with Crippen LogP contribution in [0.1, 0.15) is 47.6 Å². The summed E-state index contributed by atoms with van der Waals surface area (Å²) >= 11 is 0. The summed E-state index contributed by atoms with van der Waals surface area (Å²) in [5, 5.41) is 10.2. The van der Waals surface area contributed by atoms with E-state index in [2.05, 4.69) is 4.98 Å². The number of aromatic amines is 1. The van der Waals surface area contributed by atoms with Crippen LogP contribution in [0.5, 0.6) is 5.75 Å². The molecule has 0 saturated carbocycles. The van der Waals surface area contributed by atoms with Gasteiger partial charge in [0, 0.05) is 48.3 Å². The number of ether oxygens (including phenoxy) is 3. The maximum absolute atomic E-state index is 10.2. The van der Waals surface area contributed by atoms with Crippen LogP contribution in [0.15, 0.2) is 24.3 Å². The maximum Gasteiger partial charge on any atom is 0.124 e. The molecule has 2 aliphatic heterocycles. The number of H-pyrrole nitrogens is 1.